The first-order valence-corrected chi connectivity index (χ1v) is 8.50. The Balaban J connectivity index is 1.87. The van der Waals surface area contributed by atoms with Crippen molar-refractivity contribution in [2.24, 2.45) is 0 Å². The average Bonchev–Trinajstić information content (AvgIpc) is 3.08. The molecule has 3 heterocycles. The number of rotatable bonds is 4. The number of amides is 1. The monoisotopic (exact) mass is 305 g/mol. The first-order chi connectivity index (χ1) is 10.0. The summed E-state index contributed by atoms with van der Waals surface area (Å²) in [4.78, 5) is 19.3. The molecule has 0 unspecified atom stereocenters. The van der Waals surface area contributed by atoms with Crippen LogP contribution in [-0.2, 0) is 6.54 Å². The second kappa shape index (κ2) is 5.81. The van der Waals surface area contributed by atoms with Crippen LogP contribution in [0.2, 0.25) is 0 Å². The van der Waals surface area contributed by atoms with Gasteiger partial charge in [0.1, 0.15) is 5.69 Å². The Hall–Kier alpha value is -1.33. The predicted molar refractivity (Wildman–Crippen MR) is 88.0 cm³/mol. The lowest BCUT2D eigenvalue weighted by molar-refractivity contribution is 0.0939. The Kier molecular flexibility index (Phi) is 4.04. The summed E-state index contributed by atoms with van der Waals surface area (Å²) in [6, 6.07) is 2.14. The van der Waals surface area contributed by atoms with Gasteiger partial charge in [-0.3, -0.25) is 9.69 Å². The largest absolute Gasteiger partial charge is 0.350 e. The molecule has 0 aromatic carbocycles. The van der Waals surface area contributed by atoms with Gasteiger partial charge in [-0.25, -0.2) is 0 Å². The smallest absolute Gasteiger partial charge is 0.267 e. The first-order valence-electron chi connectivity index (χ1n) is 7.69. The van der Waals surface area contributed by atoms with Gasteiger partial charge >= 0.3 is 0 Å². The number of hydrogen-bond acceptors (Lipinski definition) is 3. The zero-order chi connectivity index (χ0) is 15.0. The van der Waals surface area contributed by atoms with Gasteiger partial charge in [-0.1, -0.05) is 0 Å². The molecule has 0 aliphatic carbocycles. The van der Waals surface area contributed by atoms with Gasteiger partial charge in [0.15, 0.2) is 0 Å². The quantitative estimate of drug-likeness (QED) is 0.911. The summed E-state index contributed by atoms with van der Waals surface area (Å²) in [7, 11) is 0. The molecule has 2 aromatic heterocycles. The van der Waals surface area contributed by atoms with Crippen LogP contribution in [0.5, 0.6) is 0 Å². The van der Waals surface area contributed by atoms with Gasteiger partial charge in [0.05, 0.1) is 10.2 Å². The summed E-state index contributed by atoms with van der Waals surface area (Å²) in [5.41, 5.74) is 3.19. The van der Waals surface area contributed by atoms with Crippen molar-refractivity contribution < 1.29 is 4.79 Å². The topological polar surface area (TPSA) is 48.1 Å². The highest BCUT2D eigenvalue weighted by molar-refractivity contribution is 7.19. The van der Waals surface area contributed by atoms with Crippen LogP contribution in [0.4, 0.5) is 0 Å². The van der Waals surface area contributed by atoms with Crippen LogP contribution in [0.15, 0.2) is 6.07 Å². The van der Waals surface area contributed by atoms with Gasteiger partial charge in [-0.15, -0.1) is 11.3 Å². The molecule has 2 N–H and O–H groups in total. The number of likely N-dealkylation sites (tertiary alicyclic amines) is 1. The van der Waals surface area contributed by atoms with Crippen molar-refractivity contribution in [3.05, 3.63) is 22.2 Å². The van der Waals surface area contributed by atoms with E-state index in [2.05, 4.69) is 22.1 Å². The van der Waals surface area contributed by atoms with E-state index in [9.17, 15) is 4.79 Å². The van der Waals surface area contributed by atoms with Crippen LogP contribution in [-0.4, -0.2) is 34.9 Å². The van der Waals surface area contributed by atoms with Crippen molar-refractivity contribution in [3.8, 4) is 0 Å². The predicted octanol–water partition coefficient (Wildman–Crippen LogP) is 3.27. The van der Waals surface area contributed by atoms with Gasteiger partial charge in [0.25, 0.3) is 5.91 Å². The lowest BCUT2D eigenvalue weighted by Crippen LogP contribution is -2.30. The molecule has 0 atom stereocenters. The van der Waals surface area contributed by atoms with E-state index < -0.39 is 0 Å². The number of hydrogen-bond donors (Lipinski definition) is 2. The minimum atomic E-state index is -0.0156. The number of aromatic amines is 1. The summed E-state index contributed by atoms with van der Waals surface area (Å²) in [6.45, 7) is 9.52. The maximum Gasteiger partial charge on any atom is 0.267 e. The fourth-order valence-electron chi connectivity index (χ4n) is 2.96. The highest BCUT2D eigenvalue weighted by Gasteiger charge is 2.19. The van der Waals surface area contributed by atoms with E-state index in [1.807, 2.05) is 19.9 Å². The third-order valence-electron chi connectivity index (χ3n) is 4.02. The third-order valence-corrected chi connectivity index (χ3v) is 5.11. The maximum atomic E-state index is 12.1. The van der Waals surface area contributed by atoms with Gasteiger partial charge in [-0.2, -0.15) is 0 Å². The molecular weight excluding hydrogens is 282 g/mol. The minimum absolute atomic E-state index is 0.0156. The second-order valence-electron chi connectivity index (χ2n) is 6.17. The minimum Gasteiger partial charge on any atom is -0.350 e. The Morgan fingerprint density at radius 1 is 1.43 bits per heavy atom. The zero-order valence-electron chi connectivity index (χ0n) is 13.0. The Morgan fingerprint density at radius 2 is 2.14 bits per heavy atom. The molecule has 1 amide bonds. The molecule has 1 aliphatic heterocycles. The van der Waals surface area contributed by atoms with Crippen molar-refractivity contribution in [2.45, 2.75) is 46.2 Å². The molecule has 0 spiro atoms. The van der Waals surface area contributed by atoms with E-state index in [1.165, 1.54) is 41.1 Å². The number of thiophene rings is 1. The summed E-state index contributed by atoms with van der Waals surface area (Å²) < 4.78 is 1.19. The third kappa shape index (κ3) is 2.99. The average molecular weight is 305 g/mol. The molecule has 1 fully saturated rings. The highest BCUT2D eigenvalue weighted by Crippen LogP contribution is 2.32. The van der Waals surface area contributed by atoms with E-state index in [0.29, 0.717) is 5.69 Å². The van der Waals surface area contributed by atoms with Crippen molar-refractivity contribution >= 4 is 27.5 Å². The Morgan fingerprint density at radius 3 is 2.81 bits per heavy atom. The van der Waals surface area contributed by atoms with Gasteiger partial charge < -0.3 is 10.3 Å². The van der Waals surface area contributed by atoms with Crippen LogP contribution in [0.25, 0.3) is 10.2 Å². The molecule has 4 nitrogen and oxygen atoms in total. The summed E-state index contributed by atoms with van der Waals surface area (Å²) >= 11 is 1.78. The van der Waals surface area contributed by atoms with Crippen molar-refractivity contribution in [1.82, 2.24) is 15.2 Å². The van der Waals surface area contributed by atoms with E-state index in [4.69, 9.17) is 0 Å². The number of H-pyrrole nitrogens is 1. The van der Waals surface area contributed by atoms with E-state index in [0.717, 1.165) is 12.1 Å². The molecule has 1 saturated heterocycles. The van der Waals surface area contributed by atoms with Gasteiger partial charge in [0.2, 0.25) is 0 Å². The molecule has 114 valence electrons. The molecule has 5 heteroatoms. The Labute approximate surface area is 129 Å². The summed E-state index contributed by atoms with van der Waals surface area (Å²) in [5, 5.41) is 2.94. The number of aromatic nitrogens is 1. The fraction of sp³-hybridized carbons (Fsp3) is 0.562. The molecule has 21 heavy (non-hydrogen) atoms. The van der Waals surface area contributed by atoms with Crippen molar-refractivity contribution in [1.29, 1.82) is 0 Å². The number of carbonyl (C=O) groups is 1. The van der Waals surface area contributed by atoms with Gasteiger partial charge in [-0.05, 0) is 52.8 Å². The molecule has 0 radical (unpaired) electrons. The lowest BCUT2D eigenvalue weighted by Gasteiger charge is -2.14. The van der Waals surface area contributed by atoms with E-state index >= 15 is 0 Å². The summed E-state index contributed by atoms with van der Waals surface area (Å²) in [6.07, 6.45) is 2.61. The molecule has 0 bridgehead atoms. The Bertz CT molecular complexity index is 650. The summed E-state index contributed by atoms with van der Waals surface area (Å²) in [5.74, 6) is -0.0156. The van der Waals surface area contributed by atoms with Crippen molar-refractivity contribution in [2.75, 3.05) is 13.1 Å². The molecule has 1 aliphatic rings. The number of nitrogens with zero attached hydrogens (tertiary/aromatic N) is 1. The normalized spacial score (nSPS) is 16.2. The number of nitrogens with one attached hydrogen (secondary N) is 2. The standard InChI is InChI=1S/C16H23N3OS/c1-10(2)17-16(20)13-8-14-15(18-13)12(11(3)21-14)9-19-6-4-5-7-19/h8,10,18H,4-7,9H2,1-3H3,(H,17,20). The fourth-order valence-corrected chi connectivity index (χ4v) is 4.03. The molecule has 2 aromatic rings. The number of carbonyl (C=O) groups excluding carboxylic acids is 1. The van der Waals surface area contributed by atoms with Crippen molar-refractivity contribution in [3.63, 3.8) is 0 Å². The zero-order valence-corrected chi connectivity index (χ0v) is 13.8. The van der Waals surface area contributed by atoms with E-state index in [-0.39, 0.29) is 11.9 Å². The van der Waals surface area contributed by atoms with Crippen LogP contribution >= 0.6 is 11.3 Å². The van der Waals surface area contributed by atoms with Gasteiger partial charge in [0, 0.05) is 23.0 Å². The van der Waals surface area contributed by atoms with Crippen LogP contribution in [0.3, 0.4) is 0 Å². The molecular formula is C16H23N3OS. The SMILES string of the molecule is Cc1sc2cc(C(=O)NC(C)C)[nH]c2c1CN1CCCC1. The number of aryl methyl sites for hydroxylation is 1. The second-order valence-corrected chi connectivity index (χ2v) is 7.43. The maximum absolute atomic E-state index is 12.1. The lowest BCUT2D eigenvalue weighted by atomic mass is 10.2. The van der Waals surface area contributed by atoms with Crippen LogP contribution in [0, 0.1) is 6.92 Å². The highest BCUT2D eigenvalue weighted by atomic mass is 32.1. The molecule has 0 saturated carbocycles. The van der Waals surface area contributed by atoms with Crippen LogP contribution < -0.4 is 5.32 Å². The van der Waals surface area contributed by atoms with E-state index in [1.54, 1.807) is 11.3 Å². The first kappa shape index (κ1) is 14.6. The number of fused-ring (bicyclic) bond motifs is 1. The van der Waals surface area contributed by atoms with Crippen LogP contribution in [0.1, 0.15) is 47.6 Å². The molecule has 3 rings (SSSR count).